The second-order valence-electron chi connectivity index (χ2n) is 4.14. The van der Waals surface area contributed by atoms with E-state index in [0.29, 0.717) is 12.1 Å². The van der Waals surface area contributed by atoms with Crippen molar-refractivity contribution in [1.29, 1.82) is 0 Å². The van der Waals surface area contributed by atoms with Crippen LogP contribution in [0.2, 0.25) is 0 Å². The molecule has 0 amide bonds. The molecule has 0 unspecified atom stereocenters. The molecule has 2 rings (SSSR count). The van der Waals surface area contributed by atoms with Crippen LogP contribution in [0.4, 0.5) is 0 Å². The van der Waals surface area contributed by atoms with Gasteiger partial charge in [0.2, 0.25) is 10.0 Å². The van der Waals surface area contributed by atoms with Gasteiger partial charge in [-0.15, -0.1) is 11.3 Å². The fraction of sp³-hybridized carbons (Fsp3) is 0.600. The highest BCUT2D eigenvalue weighted by molar-refractivity contribution is 8.00. The van der Waals surface area contributed by atoms with Crippen LogP contribution in [0.3, 0.4) is 0 Å². The van der Waals surface area contributed by atoms with Crippen molar-refractivity contribution in [3.63, 3.8) is 0 Å². The summed E-state index contributed by atoms with van der Waals surface area (Å²) in [5.41, 5.74) is 0.640. The number of rotatable bonds is 6. The van der Waals surface area contributed by atoms with Crippen LogP contribution in [-0.2, 0) is 16.6 Å². The molecule has 1 fully saturated rings. The Balaban J connectivity index is 2.03. The molecule has 17 heavy (non-hydrogen) atoms. The minimum atomic E-state index is -3.41. The second kappa shape index (κ2) is 4.89. The molecular formula is C10H15NO3S3. The predicted molar refractivity (Wildman–Crippen MR) is 70.9 cm³/mol. The molecule has 0 aliphatic heterocycles. The molecule has 1 aliphatic carbocycles. The predicted octanol–water partition coefficient (Wildman–Crippen LogP) is 1.41. The summed E-state index contributed by atoms with van der Waals surface area (Å²) >= 11 is 2.86. The lowest BCUT2D eigenvalue weighted by Crippen LogP contribution is -2.31. The smallest absolute Gasteiger partial charge is 0.250 e. The third kappa shape index (κ3) is 3.03. The lowest BCUT2D eigenvalue weighted by Gasteiger charge is -2.12. The van der Waals surface area contributed by atoms with Crippen molar-refractivity contribution in [2.24, 2.45) is 0 Å². The first kappa shape index (κ1) is 13.4. The van der Waals surface area contributed by atoms with E-state index >= 15 is 0 Å². The highest BCUT2D eigenvalue weighted by atomic mass is 32.2. The number of thioether (sulfide) groups is 1. The summed E-state index contributed by atoms with van der Waals surface area (Å²) in [4.78, 5) is 0. The maximum atomic E-state index is 12.0. The fourth-order valence-corrected chi connectivity index (χ4v) is 4.66. The number of aliphatic hydroxyl groups excluding tert-OH is 1. The van der Waals surface area contributed by atoms with Gasteiger partial charge in [0.25, 0.3) is 0 Å². The number of aliphatic hydroxyl groups is 1. The molecule has 1 aromatic heterocycles. The summed E-state index contributed by atoms with van der Waals surface area (Å²) in [6.45, 7) is 0.365. The van der Waals surface area contributed by atoms with Crippen LogP contribution in [0.25, 0.3) is 0 Å². The Morgan fingerprint density at radius 3 is 2.76 bits per heavy atom. The zero-order valence-corrected chi connectivity index (χ0v) is 11.9. The zero-order valence-electron chi connectivity index (χ0n) is 9.47. The molecule has 0 saturated heterocycles. The van der Waals surface area contributed by atoms with Gasteiger partial charge in [0.15, 0.2) is 0 Å². The van der Waals surface area contributed by atoms with Crippen molar-refractivity contribution in [2.75, 3.05) is 12.8 Å². The fourth-order valence-electron chi connectivity index (χ4n) is 1.47. The monoisotopic (exact) mass is 293 g/mol. The Kier molecular flexibility index (Phi) is 3.84. The van der Waals surface area contributed by atoms with Crippen LogP contribution >= 0.6 is 23.1 Å². The number of sulfonamides is 1. The van der Waals surface area contributed by atoms with E-state index in [-0.39, 0.29) is 15.6 Å². The van der Waals surface area contributed by atoms with Gasteiger partial charge < -0.3 is 5.11 Å². The van der Waals surface area contributed by atoms with E-state index < -0.39 is 10.0 Å². The minimum Gasteiger partial charge on any atom is -0.392 e. The van der Waals surface area contributed by atoms with Gasteiger partial charge in [-0.3, -0.25) is 0 Å². The van der Waals surface area contributed by atoms with Crippen LogP contribution in [0.1, 0.15) is 18.4 Å². The summed E-state index contributed by atoms with van der Waals surface area (Å²) in [6, 6.07) is 1.52. The Labute approximate surface area is 109 Å². The molecule has 1 saturated carbocycles. The van der Waals surface area contributed by atoms with Gasteiger partial charge in [0, 0.05) is 11.3 Å². The van der Waals surface area contributed by atoms with E-state index in [0.717, 1.165) is 24.2 Å². The van der Waals surface area contributed by atoms with Gasteiger partial charge in [-0.2, -0.15) is 11.8 Å². The van der Waals surface area contributed by atoms with Gasteiger partial charge in [-0.1, -0.05) is 0 Å². The average molecular weight is 293 g/mol. The largest absolute Gasteiger partial charge is 0.392 e. The molecule has 7 heteroatoms. The second-order valence-corrected chi connectivity index (χ2v) is 8.32. The number of nitrogens with one attached hydrogen (secondary N) is 1. The van der Waals surface area contributed by atoms with Crippen molar-refractivity contribution in [1.82, 2.24) is 4.72 Å². The first-order chi connectivity index (χ1) is 8.01. The van der Waals surface area contributed by atoms with Crippen molar-refractivity contribution < 1.29 is 13.5 Å². The molecule has 0 radical (unpaired) electrons. The first-order valence-corrected chi connectivity index (χ1v) is 8.83. The first-order valence-electron chi connectivity index (χ1n) is 5.24. The molecule has 1 heterocycles. The summed E-state index contributed by atoms with van der Waals surface area (Å²) in [5.74, 6) is 0. The van der Waals surface area contributed by atoms with Gasteiger partial charge in [0.1, 0.15) is 4.21 Å². The number of hydrogen-bond acceptors (Lipinski definition) is 5. The Bertz CT molecular complexity index is 491. The third-order valence-electron chi connectivity index (χ3n) is 2.90. The molecule has 1 aliphatic rings. The lowest BCUT2D eigenvalue weighted by atomic mass is 10.4. The molecule has 0 atom stereocenters. The molecule has 0 aromatic carbocycles. The maximum absolute atomic E-state index is 12.0. The highest BCUT2D eigenvalue weighted by Crippen LogP contribution is 2.46. The number of thiophene rings is 1. The molecular weight excluding hydrogens is 278 g/mol. The van der Waals surface area contributed by atoms with E-state index in [1.807, 2.05) is 6.26 Å². The Morgan fingerprint density at radius 1 is 1.59 bits per heavy atom. The van der Waals surface area contributed by atoms with E-state index in [9.17, 15) is 8.42 Å². The normalized spacial score (nSPS) is 18.2. The van der Waals surface area contributed by atoms with Gasteiger partial charge in [-0.05, 0) is 36.1 Å². The maximum Gasteiger partial charge on any atom is 0.250 e. The van der Waals surface area contributed by atoms with E-state index in [2.05, 4.69) is 4.72 Å². The molecule has 0 spiro atoms. The summed E-state index contributed by atoms with van der Waals surface area (Å²) in [6.07, 6.45) is 4.16. The molecule has 1 aromatic rings. The summed E-state index contributed by atoms with van der Waals surface area (Å²) < 4.78 is 27.0. The lowest BCUT2D eigenvalue weighted by molar-refractivity contribution is 0.282. The van der Waals surface area contributed by atoms with E-state index in [1.165, 1.54) is 6.07 Å². The molecule has 96 valence electrons. The minimum absolute atomic E-state index is 0.115. The van der Waals surface area contributed by atoms with Crippen LogP contribution in [-0.4, -0.2) is 31.1 Å². The Hall–Kier alpha value is -0.0800. The SMILES string of the molecule is CSC1(CNS(=O)(=O)c2cc(CO)cs2)CC1. The van der Waals surface area contributed by atoms with E-state index in [4.69, 9.17) is 5.11 Å². The van der Waals surface area contributed by atoms with Gasteiger partial charge in [0.05, 0.1) is 6.61 Å². The van der Waals surface area contributed by atoms with Crippen LogP contribution < -0.4 is 4.72 Å². The molecule has 2 N–H and O–H groups in total. The highest BCUT2D eigenvalue weighted by Gasteiger charge is 2.42. The van der Waals surface area contributed by atoms with Crippen molar-refractivity contribution >= 4 is 33.1 Å². The van der Waals surface area contributed by atoms with Crippen LogP contribution in [0, 0.1) is 0 Å². The topological polar surface area (TPSA) is 66.4 Å². The van der Waals surface area contributed by atoms with Crippen LogP contribution in [0.15, 0.2) is 15.7 Å². The summed E-state index contributed by atoms with van der Waals surface area (Å²) in [5, 5.41) is 10.6. The van der Waals surface area contributed by atoms with Gasteiger partial charge >= 0.3 is 0 Å². The summed E-state index contributed by atoms with van der Waals surface area (Å²) in [7, 11) is -3.41. The van der Waals surface area contributed by atoms with E-state index in [1.54, 1.807) is 17.1 Å². The number of hydrogen-bond donors (Lipinski definition) is 2. The average Bonchev–Trinajstić information content (AvgIpc) is 2.94. The Morgan fingerprint density at radius 2 is 2.29 bits per heavy atom. The quantitative estimate of drug-likeness (QED) is 0.832. The van der Waals surface area contributed by atoms with Crippen molar-refractivity contribution in [2.45, 2.75) is 28.4 Å². The van der Waals surface area contributed by atoms with Crippen molar-refractivity contribution in [3.8, 4) is 0 Å². The standard InChI is InChI=1S/C10H15NO3S3/c1-15-10(2-3-10)7-11-17(13,14)9-4-8(5-12)6-16-9/h4,6,11-12H,2-3,5,7H2,1H3. The van der Waals surface area contributed by atoms with Gasteiger partial charge in [-0.25, -0.2) is 13.1 Å². The molecule has 0 bridgehead atoms. The molecule has 4 nitrogen and oxygen atoms in total. The zero-order chi connectivity index (χ0) is 12.5. The van der Waals surface area contributed by atoms with Crippen molar-refractivity contribution in [3.05, 3.63) is 17.0 Å². The van der Waals surface area contributed by atoms with Crippen LogP contribution in [0.5, 0.6) is 0 Å². The third-order valence-corrected chi connectivity index (χ3v) is 7.21.